The van der Waals surface area contributed by atoms with Crippen molar-refractivity contribution in [2.24, 2.45) is 0 Å². The number of ether oxygens (including phenoxy) is 2. The van der Waals surface area contributed by atoms with Gasteiger partial charge < -0.3 is 25.2 Å². The van der Waals surface area contributed by atoms with Crippen molar-refractivity contribution in [2.45, 2.75) is 51.4 Å². The van der Waals surface area contributed by atoms with E-state index in [9.17, 15) is 23.9 Å². The zero-order valence-electron chi connectivity index (χ0n) is 18.0. The van der Waals surface area contributed by atoms with Crippen LogP contribution < -0.4 is 10.6 Å². The average Bonchev–Trinajstić information content (AvgIpc) is 2.99. The van der Waals surface area contributed by atoms with Crippen molar-refractivity contribution in [3.63, 3.8) is 0 Å². The molecule has 1 aliphatic carbocycles. The van der Waals surface area contributed by atoms with Crippen LogP contribution in [0.25, 0.3) is 0 Å². The van der Waals surface area contributed by atoms with E-state index in [1.54, 1.807) is 40.7 Å². The summed E-state index contributed by atoms with van der Waals surface area (Å²) in [4.78, 5) is 37.3. The molecule has 1 atom stereocenters. The molecule has 30 heavy (non-hydrogen) atoms. The number of fused-ring (bicyclic) bond motifs is 1. The molecule has 0 aromatic rings. The molecule has 2 rings (SSSR count). The molecule has 0 radical (unpaired) electrons. The number of hydrogen-bond donors (Lipinski definition) is 3. The molecule has 0 spiro atoms. The normalized spacial score (nSPS) is 21.2. The van der Waals surface area contributed by atoms with Crippen LogP contribution in [0, 0.1) is 0 Å². The molecule has 1 unspecified atom stereocenters. The maximum absolute atomic E-state index is 14.9. The lowest BCUT2D eigenvalue weighted by atomic mass is 9.90. The average molecular weight is 425 g/mol. The second kappa shape index (κ2) is 8.10. The lowest BCUT2D eigenvalue weighted by molar-refractivity contribution is -0.136. The van der Waals surface area contributed by atoms with Gasteiger partial charge in [0.05, 0.1) is 11.2 Å². The number of carbonyl (C=O) groups is 3. The van der Waals surface area contributed by atoms with Gasteiger partial charge in [-0.2, -0.15) is 0 Å². The zero-order valence-corrected chi connectivity index (χ0v) is 18.0. The molecule has 166 valence electrons. The van der Waals surface area contributed by atoms with Crippen LogP contribution in [0.5, 0.6) is 0 Å². The van der Waals surface area contributed by atoms with E-state index in [1.165, 1.54) is 0 Å². The highest BCUT2D eigenvalue weighted by Gasteiger charge is 2.47. The first-order valence-electron chi connectivity index (χ1n) is 9.37. The number of hydrogen-bond acceptors (Lipinski definition) is 5. The van der Waals surface area contributed by atoms with Crippen molar-refractivity contribution in [2.75, 3.05) is 20.2 Å². The number of halogens is 1. The molecule has 0 saturated carbocycles. The molecule has 0 fully saturated rings. The van der Waals surface area contributed by atoms with Crippen LogP contribution in [0.2, 0.25) is 0 Å². The minimum absolute atomic E-state index is 0.0501. The number of methoxy groups -OCH3 is 1. The fourth-order valence-electron chi connectivity index (χ4n) is 3.01. The number of allylic oxidation sites excluding steroid dienone is 1. The third-order valence-electron chi connectivity index (χ3n) is 4.48. The molecular weight excluding hydrogens is 397 g/mol. The van der Waals surface area contributed by atoms with E-state index in [4.69, 9.17) is 9.47 Å². The standard InChI is InChI=1S/C20H28FN3O6/c1-18(2,3)30-16(26)23-19(4,5)11-22-15(25)20(29-6)10-13-12(9-14(20)21)7-8-24(13)17(27)28/h7,9-10H,8,11H2,1-6H3,(H,22,25)(H,23,26)(H,27,28). The number of carbonyl (C=O) groups excluding carboxylic acids is 2. The summed E-state index contributed by atoms with van der Waals surface area (Å²) >= 11 is 0. The van der Waals surface area contributed by atoms with Crippen molar-refractivity contribution in [3.05, 3.63) is 35.3 Å². The predicted octanol–water partition coefficient (Wildman–Crippen LogP) is 2.46. The van der Waals surface area contributed by atoms with Crippen molar-refractivity contribution in [1.29, 1.82) is 0 Å². The van der Waals surface area contributed by atoms with Crippen LogP contribution in [-0.2, 0) is 14.3 Å². The summed E-state index contributed by atoms with van der Waals surface area (Å²) in [5.74, 6) is -1.70. The highest BCUT2D eigenvalue weighted by molar-refractivity contribution is 5.92. The van der Waals surface area contributed by atoms with Crippen LogP contribution >= 0.6 is 0 Å². The Bertz CT molecular complexity index is 840. The minimum Gasteiger partial charge on any atom is -0.465 e. The monoisotopic (exact) mass is 425 g/mol. The summed E-state index contributed by atoms with van der Waals surface area (Å²) in [6.07, 6.45) is 1.90. The van der Waals surface area contributed by atoms with Gasteiger partial charge in [0.2, 0.25) is 5.60 Å². The Morgan fingerprint density at radius 2 is 1.90 bits per heavy atom. The van der Waals surface area contributed by atoms with Gasteiger partial charge >= 0.3 is 12.2 Å². The number of amides is 3. The van der Waals surface area contributed by atoms with Gasteiger partial charge in [-0.1, -0.05) is 6.08 Å². The number of nitrogens with one attached hydrogen (secondary N) is 2. The Hall–Kier alpha value is -2.88. The van der Waals surface area contributed by atoms with Crippen molar-refractivity contribution < 1.29 is 33.4 Å². The van der Waals surface area contributed by atoms with Crippen LogP contribution in [-0.4, -0.2) is 65.0 Å². The molecule has 2 aliphatic rings. The molecule has 0 aromatic carbocycles. The van der Waals surface area contributed by atoms with E-state index in [2.05, 4.69) is 10.6 Å². The van der Waals surface area contributed by atoms with Gasteiger partial charge in [-0.05, 0) is 52.3 Å². The fourth-order valence-corrected chi connectivity index (χ4v) is 3.01. The molecule has 10 heteroatoms. The highest BCUT2D eigenvalue weighted by atomic mass is 19.1. The van der Waals surface area contributed by atoms with Crippen LogP contribution in [0.4, 0.5) is 14.0 Å². The third kappa shape index (κ3) is 4.99. The maximum atomic E-state index is 14.9. The second-order valence-corrected chi connectivity index (χ2v) is 8.71. The highest BCUT2D eigenvalue weighted by Crippen LogP contribution is 2.38. The minimum atomic E-state index is -2.12. The molecule has 0 aromatic heterocycles. The molecule has 3 N–H and O–H groups in total. The Labute approximate surface area is 174 Å². The van der Waals surface area contributed by atoms with E-state index in [-0.39, 0.29) is 18.8 Å². The third-order valence-corrected chi connectivity index (χ3v) is 4.48. The van der Waals surface area contributed by atoms with Crippen molar-refractivity contribution in [1.82, 2.24) is 15.5 Å². The van der Waals surface area contributed by atoms with Crippen molar-refractivity contribution >= 4 is 18.1 Å². The Morgan fingerprint density at radius 3 is 2.43 bits per heavy atom. The van der Waals surface area contributed by atoms with Gasteiger partial charge in [-0.15, -0.1) is 0 Å². The summed E-state index contributed by atoms with van der Waals surface area (Å²) in [5.41, 5.74) is -3.18. The summed E-state index contributed by atoms with van der Waals surface area (Å²) in [6, 6.07) is 0. The van der Waals surface area contributed by atoms with Crippen LogP contribution in [0.15, 0.2) is 35.3 Å². The van der Waals surface area contributed by atoms with E-state index in [0.717, 1.165) is 24.2 Å². The van der Waals surface area contributed by atoms with E-state index in [0.29, 0.717) is 5.57 Å². The summed E-state index contributed by atoms with van der Waals surface area (Å²) in [7, 11) is 1.16. The molecule has 9 nitrogen and oxygen atoms in total. The van der Waals surface area contributed by atoms with E-state index < -0.39 is 40.7 Å². The second-order valence-electron chi connectivity index (χ2n) is 8.71. The zero-order chi connectivity index (χ0) is 22.9. The molecule has 1 aliphatic heterocycles. The number of carboxylic acid groups (broad SMARTS) is 1. The van der Waals surface area contributed by atoms with Gasteiger partial charge in [-0.3, -0.25) is 9.69 Å². The Morgan fingerprint density at radius 1 is 1.27 bits per heavy atom. The lowest BCUT2D eigenvalue weighted by Crippen LogP contribution is -2.56. The molecule has 1 heterocycles. The SMILES string of the molecule is COC1(C(=O)NCC(C)(C)NC(=O)OC(C)(C)C)C=C2C(=CCN2C(=O)O)C=C1F. The largest absolute Gasteiger partial charge is 0.465 e. The number of nitrogens with zero attached hydrogens (tertiary/aromatic N) is 1. The number of alkyl carbamates (subject to hydrolysis) is 1. The van der Waals surface area contributed by atoms with Gasteiger partial charge in [0.1, 0.15) is 11.4 Å². The predicted molar refractivity (Wildman–Crippen MR) is 106 cm³/mol. The molecular formula is C20H28FN3O6. The van der Waals surface area contributed by atoms with E-state index >= 15 is 0 Å². The topological polar surface area (TPSA) is 117 Å². The van der Waals surface area contributed by atoms with Crippen LogP contribution in [0.3, 0.4) is 0 Å². The van der Waals surface area contributed by atoms with Gasteiger partial charge in [0.25, 0.3) is 5.91 Å². The van der Waals surface area contributed by atoms with E-state index in [1.807, 2.05) is 0 Å². The van der Waals surface area contributed by atoms with Gasteiger partial charge in [-0.25, -0.2) is 14.0 Å². The molecule has 0 saturated heterocycles. The smallest absolute Gasteiger partial charge is 0.412 e. The fraction of sp³-hybridized carbons (Fsp3) is 0.550. The van der Waals surface area contributed by atoms with Crippen LogP contribution in [0.1, 0.15) is 34.6 Å². The Kier molecular flexibility index (Phi) is 6.31. The van der Waals surface area contributed by atoms with Gasteiger partial charge in [0.15, 0.2) is 0 Å². The first-order chi connectivity index (χ1) is 13.7. The maximum Gasteiger partial charge on any atom is 0.412 e. The van der Waals surface area contributed by atoms with Gasteiger partial charge in [0, 0.05) is 20.2 Å². The molecule has 0 bridgehead atoms. The molecule has 3 amide bonds. The summed E-state index contributed by atoms with van der Waals surface area (Å²) in [6.45, 7) is 8.48. The quantitative estimate of drug-likeness (QED) is 0.623. The summed E-state index contributed by atoms with van der Waals surface area (Å²) < 4.78 is 25.3. The summed E-state index contributed by atoms with van der Waals surface area (Å²) in [5, 5.41) is 14.5. The Balaban J connectivity index is 2.16. The first kappa shape index (κ1) is 23.4. The number of rotatable bonds is 5. The first-order valence-corrected chi connectivity index (χ1v) is 9.37. The van der Waals surface area contributed by atoms with Crippen molar-refractivity contribution in [3.8, 4) is 0 Å². The lowest BCUT2D eigenvalue weighted by Gasteiger charge is -2.33.